The highest BCUT2D eigenvalue weighted by Gasteiger charge is 2.19. The highest BCUT2D eigenvalue weighted by molar-refractivity contribution is 9.10. The highest BCUT2D eigenvalue weighted by Crippen LogP contribution is 2.22. The maximum absolute atomic E-state index is 10.7. The fourth-order valence-electron chi connectivity index (χ4n) is 1.68. The lowest BCUT2D eigenvalue weighted by molar-refractivity contribution is -0.390. The van der Waals surface area contributed by atoms with Crippen LogP contribution in [0.1, 0.15) is 19.0 Å². The van der Waals surface area contributed by atoms with E-state index in [-0.39, 0.29) is 5.82 Å². The molecule has 0 amide bonds. The lowest BCUT2D eigenvalue weighted by atomic mass is 10.4. The maximum Gasteiger partial charge on any atom is 0.404 e. The Morgan fingerprint density at radius 1 is 1.56 bits per heavy atom. The largest absolute Gasteiger partial charge is 0.404 e. The first-order valence-corrected chi connectivity index (χ1v) is 6.27. The standard InChI is InChI=1S/C10H12BrN5O2/c1-2-3-14-7-12-4-8(14)5-15-6-9(11)10(13-15)16(17)18/h4,6-7H,2-3,5H2,1H3. The normalized spacial score (nSPS) is 10.8. The first-order chi connectivity index (χ1) is 8.61. The zero-order chi connectivity index (χ0) is 13.1. The van der Waals surface area contributed by atoms with E-state index in [9.17, 15) is 10.1 Å². The Morgan fingerprint density at radius 3 is 2.94 bits per heavy atom. The summed E-state index contributed by atoms with van der Waals surface area (Å²) in [6.07, 6.45) is 6.11. The van der Waals surface area contributed by atoms with Crippen molar-refractivity contribution < 1.29 is 4.92 Å². The Bertz CT molecular complexity index is 562. The topological polar surface area (TPSA) is 78.8 Å². The van der Waals surface area contributed by atoms with Gasteiger partial charge in [0.1, 0.15) is 11.0 Å². The molecule has 0 spiro atoms. The number of imidazole rings is 1. The Labute approximate surface area is 112 Å². The number of rotatable bonds is 5. The molecule has 8 heteroatoms. The third kappa shape index (κ3) is 2.58. The van der Waals surface area contributed by atoms with Crippen LogP contribution in [-0.4, -0.2) is 24.3 Å². The number of halogens is 1. The Hall–Kier alpha value is -1.70. The van der Waals surface area contributed by atoms with Crippen molar-refractivity contribution in [2.75, 3.05) is 0 Å². The van der Waals surface area contributed by atoms with Crippen LogP contribution in [0.5, 0.6) is 0 Å². The third-order valence-electron chi connectivity index (χ3n) is 2.46. The van der Waals surface area contributed by atoms with E-state index in [1.54, 1.807) is 18.7 Å². The van der Waals surface area contributed by atoms with Crippen LogP contribution in [0.2, 0.25) is 0 Å². The minimum absolute atomic E-state index is 0.170. The van der Waals surface area contributed by atoms with Crippen LogP contribution >= 0.6 is 15.9 Å². The van der Waals surface area contributed by atoms with E-state index in [0.29, 0.717) is 11.0 Å². The molecule has 0 bridgehead atoms. The summed E-state index contributed by atoms with van der Waals surface area (Å²) < 4.78 is 3.93. The Balaban J connectivity index is 2.21. The second-order valence-electron chi connectivity index (χ2n) is 3.83. The molecule has 2 rings (SSSR count). The van der Waals surface area contributed by atoms with Gasteiger partial charge in [-0.25, -0.2) is 4.98 Å². The summed E-state index contributed by atoms with van der Waals surface area (Å²) in [5.74, 6) is -0.170. The van der Waals surface area contributed by atoms with Crippen molar-refractivity contribution in [1.82, 2.24) is 19.3 Å². The smallest absolute Gasteiger partial charge is 0.358 e. The molecule has 0 aliphatic carbocycles. The van der Waals surface area contributed by atoms with Gasteiger partial charge in [0.05, 0.1) is 29.5 Å². The van der Waals surface area contributed by atoms with Crippen LogP contribution < -0.4 is 0 Å². The zero-order valence-electron chi connectivity index (χ0n) is 9.78. The van der Waals surface area contributed by atoms with Crippen LogP contribution in [0.25, 0.3) is 0 Å². The average molecular weight is 314 g/mol. The van der Waals surface area contributed by atoms with Gasteiger partial charge in [-0.15, -0.1) is 0 Å². The van der Waals surface area contributed by atoms with E-state index >= 15 is 0 Å². The van der Waals surface area contributed by atoms with E-state index in [4.69, 9.17) is 0 Å². The van der Waals surface area contributed by atoms with Crippen LogP contribution in [0.15, 0.2) is 23.2 Å². The van der Waals surface area contributed by atoms with Gasteiger partial charge in [0.15, 0.2) is 0 Å². The molecular formula is C10H12BrN5O2. The van der Waals surface area contributed by atoms with E-state index < -0.39 is 4.92 Å². The number of nitrogens with zero attached hydrogens (tertiary/aromatic N) is 5. The number of aryl methyl sites for hydroxylation is 1. The number of hydrogen-bond donors (Lipinski definition) is 0. The predicted molar refractivity (Wildman–Crippen MR) is 68.2 cm³/mol. The van der Waals surface area contributed by atoms with Gasteiger partial charge < -0.3 is 14.7 Å². The van der Waals surface area contributed by atoms with Crippen LogP contribution in [0.4, 0.5) is 5.82 Å². The monoisotopic (exact) mass is 313 g/mol. The summed E-state index contributed by atoms with van der Waals surface area (Å²) in [5.41, 5.74) is 0.974. The van der Waals surface area contributed by atoms with Crippen LogP contribution in [0.3, 0.4) is 0 Å². The van der Waals surface area contributed by atoms with Gasteiger partial charge in [0.2, 0.25) is 0 Å². The lowest BCUT2D eigenvalue weighted by Gasteiger charge is -2.04. The molecule has 0 N–H and O–H groups in total. The van der Waals surface area contributed by atoms with Gasteiger partial charge in [-0.3, -0.25) is 0 Å². The molecule has 0 fully saturated rings. The fourth-order valence-corrected chi connectivity index (χ4v) is 2.14. The van der Waals surface area contributed by atoms with Crippen molar-refractivity contribution in [3.63, 3.8) is 0 Å². The first-order valence-electron chi connectivity index (χ1n) is 5.48. The predicted octanol–water partition coefficient (Wildman–Crippen LogP) is 2.21. The van der Waals surface area contributed by atoms with Crippen molar-refractivity contribution >= 4 is 21.7 Å². The number of hydrogen-bond acceptors (Lipinski definition) is 4. The van der Waals surface area contributed by atoms with Crippen molar-refractivity contribution in [3.8, 4) is 0 Å². The summed E-state index contributed by atoms with van der Waals surface area (Å²) in [6, 6.07) is 0. The minimum Gasteiger partial charge on any atom is -0.358 e. The quantitative estimate of drug-likeness (QED) is 0.626. The van der Waals surface area contributed by atoms with Crippen LogP contribution in [-0.2, 0) is 13.1 Å². The van der Waals surface area contributed by atoms with E-state index in [1.165, 1.54) is 4.68 Å². The zero-order valence-corrected chi connectivity index (χ0v) is 11.4. The van der Waals surface area contributed by atoms with Crippen molar-refractivity contribution in [3.05, 3.63) is 39.0 Å². The summed E-state index contributed by atoms with van der Waals surface area (Å²) >= 11 is 3.12. The molecule has 7 nitrogen and oxygen atoms in total. The molecule has 0 unspecified atom stereocenters. The lowest BCUT2D eigenvalue weighted by Crippen LogP contribution is -2.07. The maximum atomic E-state index is 10.7. The summed E-state index contributed by atoms with van der Waals surface area (Å²) in [4.78, 5) is 14.3. The summed E-state index contributed by atoms with van der Waals surface area (Å²) in [7, 11) is 0. The van der Waals surface area contributed by atoms with E-state index in [0.717, 1.165) is 18.7 Å². The second kappa shape index (κ2) is 5.30. The highest BCUT2D eigenvalue weighted by atomic mass is 79.9. The minimum atomic E-state index is -0.510. The van der Waals surface area contributed by atoms with Crippen molar-refractivity contribution in [1.29, 1.82) is 0 Å². The molecule has 0 saturated carbocycles. The molecule has 0 aromatic carbocycles. The van der Waals surface area contributed by atoms with Gasteiger partial charge >= 0.3 is 5.82 Å². The SMILES string of the molecule is CCCn1cncc1Cn1cc(Br)c([N+](=O)[O-])n1. The van der Waals surface area contributed by atoms with Gasteiger partial charge in [0.25, 0.3) is 0 Å². The molecule has 2 aromatic rings. The molecule has 0 atom stereocenters. The average Bonchev–Trinajstić information content (AvgIpc) is 2.87. The van der Waals surface area contributed by atoms with E-state index in [1.807, 2.05) is 4.57 Å². The van der Waals surface area contributed by atoms with Crippen molar-refractivity contribution in [2.24, 2.45) is 0 Å². The van der Waals surface area contributed by atoms with Gasteiger partial charge in [0, 0.05) is 6.54 Å². The van der Waals surface area contributed by atoms with Gasteiger partial charge in [-0.05, 0) is 27.3 Å². The summed E-state index contributed by atoms with van der Waals surface area (Å²) in [6.45, 7) is 3.42. The first kappa shape index (κ1) is 12.7. The van der Waals surface area contributed by atoms with Gasteiger partial charge in [-0.2, -0.15) is 4.68 Å². The van der Waals surface area contributed by atoms with Gasteiger partial charge in [-0.1, -0.05) is 6.92 Å². The van der Waals surface area contributed by atoms with Crippen LogP contribution in [0, 0.1) is 10.1 Å². The molecule has 2 heterocycles. The third-order valence-corrected chi connectivity index (χ3v) is 3.02. The fraction of sp³-hybridized carbons (Fsp3) is 0.400. The van der Waals surface area contributed by atoms with E-state index in [2.05, 4.69) is 32.9 Å². The molecule has 18 heavy (non-hydrogen) atoms. The molecule has 96 valence electrons. The molecule has 0 aliphatic heterocycles. The van der Waals surface area contributed by atoms with Crippen molar-refractivity contribution in [2.45, 2.75) is 26.4 Å². The molecule has 0 radical (unpaired) electrons. The Morgan fingerprint density at radius 2 is 2.33 bits per heavy atom. The summed E-state index contributed by atoms with van der Waals surface area (Å²) in [5, 5.41) is 14.6. The molecule has 0 saturated heterocycles. The molecular weight excluding hydrogens is 302 g/mol. The second-order valence-corrected chi connectivity index (χ2v) is 4.69. The number of aromatic nitrogens is 4. The Kier molecular flexibility index (Phi) is 3.75. The molecule has 2 aromatic heterocycles. The number of nitro groups is 1. The molecule has 0 aliphatic rings.